The molecule has 104 heavy (non-hydrogen) atoms. The van der Waals surface area contributed by atoms with Gasteiger partial charge in [-0.1, -0.05) is 245 Å². The summed E-state index contributed by atoms with van der Waals surface area (Å²) in [4.78, 5) is 37.8. The van der Waals surface area contributed by atoms with Crippen molar-refractivity contribution in [1.29, 1.82) is 0 Å². The third kappa shape index (κ3) is 85.9. The molecule has 0 saturated heterocycles. The molecule has 0 aromatic rings. The number of aliphatic hydroxyl groups excluding tert-OH is 2. The first-order valence-electron chi connectivity index (χ1n) is 42.7. The summed E-state index contributed by atoms with van der Waals surface area (Å²) >= 11 is 0. The predicted octanol–water partition coefficient (Wildman–Crippen LogP) is 13.0. The van der Waals surface area contributed by atoms with Crippen molar-refractivity contribution in [1.82, 2.24) is 34.7 Å². The average Bonchev–Trinajstić information content (AvgIpc) is 0.965. The summed E-state index contributed by atoms with van der Waals surface area (Å²) < 4.78 is 5.59. The summed E-state index contributed by atoms with van der Waals surface area (Å²) in [7, 11) is 2.89. The van der Waals surface area contributed by atoms with Gasteiger partial charge in [0.1, 0.15) is 0 Å². The van der Waals surface area contributed by atoms with Gasteiger partial charge < -0.3 is 52.1 Å². The number of carbonyl (C=O) groups excluding carboxylic acids is 2. The molecule has 0 saturated carbocycles. The number of aliphatic hydroxyl groups is 2. The predicted molar refractivity (Wildman–Crippen MR) is 451 cm³/mol. The van der Waals surface area contributed by atoms with Crippen LogP contribution in [0.3, 0.4) is 0 Å². The SMILES string of the molecule is CB(O)N(C)CCCN(CCCCCOB=NCC(C)CN(CCCCN(CCCN(C)B(C)O)B(C)O)B(C)O)B(C)O.CCCCCCCCCCCCCCCC(=O)NCCCCCCC.CCCCCCCCCCCCCCCCCCCCCCNC(=O)CCC[C@H](O)CO.O.O.O. The Morgan fingerprint density at radius 3 is 1.01 bits per heavy atom. The van der Waals surface area contributed by atoms with Gasteiger partial charge in [0.2, 0.25) is 11.8 Å². The molecule has 15 N–H and O–H groups in total. The molecule has 0 heterocycles. The first kappa shape index (κ1) is 113. The second-order valence-electron chi connectivity index (χ2n) is 30.2. The molecule has 21 nitrogen and oxygen atoms in total. The van der Waals surface area contributed by atoms with Crippen molar-refractivity contribution in [2.24, 2.45) is 10.8 Å². The van der Waals surface area contributed by atoms with E-state index in [2.05, 4.69) is 57.7 Å². The van der Waals surface area contributed by atoms with Crippen molar-refractivity contribution >= 4 is 54.3 Å². The van der Waals surface area contributed by atoms with E-state index in [9.17, 15) is 39.8 Å². The van der Waals surface area contributed by atoms with Gasteiger partial charge >= 0.3 is 231 Å². The van der Waals surface area contributed by atoms with Crippen molar-refractivity contribution in [3.63, 3.8) is 0 Å². The van der Waals surface area contributed by atoms with Crippen LogP contribution in [0.1, 0.15) is 342 Å². The summed E-state index contributed by atoms with van der Waals surface area (Å²) in [6, 6.07) is 0. The number of carbonyl (C=O) groups is 2. The fraction of sp³-hybridized carbons (Fsp3) is 0.974. The molecular formula is C77H174B6N8O13. The van der Waals surface area contributed by atoms with E-state index in [1.807, 2.05) is 23.7 Å². The average molecular weight is 1490 g/mol. The van der Waals surface area contributed by atoms with E-state index in [1.165, 1.54) is 225 Å². The Kier molecular flexibility index (Phi) is 96.4. The summed E-state index contributed by atoms with van der Waals surface area (Å²) in [5, 5.41) is 73.7. The quantitative estimate of drug-likeness (QED) is 0.0202. The number of amides is 2. The zero-order valence-electron chi connectivity index (χ0n) is 70.0. The molecule has 1 unspecified atom stereocenters. The number of hydrogen-bond acceptors (Lipinski definition) is 16. The van der Waals surface area contributed by atoms with Gasteiger partial charge in [0, 0.05) is 25.9 Å². The zero-order chi connectivity index (χ0) is 75.5. The molecule has 0 radical (unpaired) electrons. The van der Waals surface area contributed by atoms with Gasteiger partial charge in [-0.05, 0) is 59.3 Å². The Morgan fingerprint density at radius 1 is 0.394 bits per heavy atom. The van der Waals surface area contributed by atoms with Crippen LogP contribution in [0.15, 0.2) is 4.90 Å². The minimum Gasteiger partial charge on any atom is -0.412 e. The minimum absolute atomic E-state index is 0. The molecule has 0 rings (SSSR count). The second kappa shape index (κ2) is 88.5. The maximum Gasteiger partial charge on any atom is 0.219 e. The minimum atomic E-state index is -0.688. The van der Waals surface area contributed by atoms with Crippen LogP contribution in [0.2, 0.25) is 34.1 Å². The van der Waals surface area contributed by atoms with Crippen molar-refractivity contribution in [2.75, 3.05) is 99.3 Å². The zero-order valence-corrected chi connectivity index (χ0v) is 70.0. The Balaban J connectivity index is -0.000000355. The molecule has 0 spiro atoms. The monoisotopic (exact) mass is 1490 g/mol. The number of rotatable bonds is 75. The van der Waals surface area contributed by atoms with Gasteiger partial charge in [-0.2, -0.15) is 0 Å². The molecular weight excluding hydrogens is 1310 g/mol. The van der Waals surface area contributed by atoms with Gasteiger partial charge in [-0.15, -0.1) is 0 Å². The summed E-state index contributed by atoms with van der Waals surface area (Å²) in [5.74, 6) is 0.600. The van der Waals surface area contributed by atoms with Crippen LogP contribution in [0, 0.1) is 5.92 Å². The third-order valence-electron chi connectivity index (χ3n) is 19.8. The van der Waals surface area contributed by atoms with Crippen LogP contribution in [0.25, 0.3) is 0 Å². The molecule has 2 amide bonds. The van der Waals surface area contributed by atoms with Crippen molar-refractivity contribution in [2.45, 2.75) is 383 Å². The number of unbranched alkanes of at least 4 members (excludes halogenated alkanes) is 38. The maximum atomic E-state index is 11.7. The van der Waals surface area contributed by atoms with E-state index in [0.29, 0.717) is 32.4 Å². The standard InChI is InChI=1S/C28H57NO3.C26H64B6N6O6.C23H47NO.3H2O/c1-2-3-4-5-6-7-8-9-10-11-12-13-14-15-16-17-18-19-20-21-25-29-28(32)24-22-23-27(31)26-30;1-26(24-33-27-44-23-13-9-10-18-36(30(4)41)21-14-16-34(7)28(2)39)25-38(32(6)43)20-12-11-19-37(31(5)42)22-15-17-35(8)29(3)40;1-3-5-7-9-10-11-12-13-14-15-16-17-19-21-23(25)24-22-20-18-8-6-4-2;;;/h27,30-31H,2-26H2,1H3,(H,29,32);26,39-43H,9-25H2,1-8H3;3-22H2,1-2H3,(H,24,25);3*1H2/t27-;;;;;/m0...../s1. The maximum absolute atomic E-state index is 11.7. The molecule has 0 aliphatic heterocycles. The van der Waals surface area contributed by atoms with E-state index < -0.39 is 41.4 Å². The first-order chi connectivity index (χ1) is 48.8. The van der Waals surface area contributed by atoms with Crippen LogP contribution in [0.4, 0.5) is 0 Å². The topological polar surface area (TPSA) is 332 Å². The molecule has 0 aliphatic rings. The number of hydrogen-bond donors (Lipinski definition) is 9. The Bertz CT molecular complexity index is 1730. The molecule has 0 aliphatic carbocycles. The van der Waals surface area contributed by atoms with Gasteiger partial charge in [0.25, 0.3) is 0 Å². The van der Waals surface area contributed by atoms with Crippen LogP contribution in [-0.2, 0) is 14.2 Å². The number of nitrogens with zero attached hydrogens (tertiary/aromatic N) is 6. The van der Waals surface area contributed by atoms with E-state index in [4.69, 9.17) is 9.76 Å². The van der Waals surface area contributed by atoms with Crippen LogP contribution in [0.5, 0.6) is 0 Å². The molecule has 618 valence electrons. The van der Waals surface area contributed by atoms with E-state index >= 15 is 0 Å². The van der Waals surface area contributed by atoms with Crippen molar-refractivity contribution in [3.05, 3.63) is 0 Å². The fourth-order valence-electron chi connectivity index (χ4n) is 12.5. The van der Waals surface area contributed by atoms with E-state index in [1.54, 1.807) is 41.4 Å². The van der Waals surface area contributed by atoms with Crippen LogP contribution >= 0.6 is 0 Å². The van der Waals surface area contributed by atoms with Gasteiger partial charge in [0.05, 0.1) is 12.7 Å². The normalized spacial score (nSPS) is 11.7. The Hall–Kier alpha value is -1.67. The molecule has 27 heteroatoms. The second-order valence-corrected chi connectivity index (χ2v) is 30.2. The molecule has 0 bridgehead atoms. The summed E-state index contributed by atoms with van der Waals surface area (Å²) in [6.07, 6.45) is 59.8. The van der Waals surface area contributed by atoms with Gasteiger partial charge in [0.15, 0.2) is 0 Å². The van der Waals surface area contributed by atoms with Gasteiger partial charge in [-0.3, -0.25) is 9.59 Å². The molecule has 0 fully saturated rings. The van der Waals surface area contributed by atoms with E-state index in [0.717, 1.165) is 136 Å². The largest absolute Gasteiger partial charge is 0.412 e. The summed E-state index contributed by atoms with van der Waals surface area (Å²) in [5.41, 5.74) is 0. The van der Waals surface area contributed by atoms with Crippen LogP contribution < -0.4 is 10.6 Å². The molecule has 0 aromatic carbocycles. The van der Waals surface area contributed by atoms with E-state index in [-0.39, 0.29) is 40.8 Å². The van der Waals surface area contributed by atoms with Crippen molar-refractivity contribution < 1.29 is 66.0 Å². The smallest absolute Gasteiger partial charge is 0.219 e. The number of nitrogens with one attached hydrogen (secondary N) is 2. The fourth-order valence-corrected chi connectivity index (χ4v) is 12.5. The van der Waals surface area contributed by atoms with Crippen LogP contribution in [-0.4, -0.2) is 236 Å². The Labute approximate surface area is 644 Å². The third-order valence-corrected chi connectivity index (χ3v) is 19.8. The van der Waals surface area contributed by atoms with Gasteiger partial charge in [-0.25, -0.2) is 0 Å². The first-order valence-corrected chi connectivity index (χ1v) is 42.7. The summed E-state index contributed by atoms with van der Waals surface area (Å²) in [6.45, 7) is 26.8. The Morgan fingerprint density at radius 2 is 0.683 bits per heavy atom. The van der Waals surface area contributed by atoms with Crippen molar-refractivity contribution in [3.8, 4) is 0 Å². The molecule has 2 atom stereocenters. The molecule has 0 aromatic heterocycles.